The van der Waals surface area contributed by atoms with Gasteiger partial charge in [0.1, 0.15) is 0 Å². The molecule has 0 saturated heterocycles. The molecule has 0 aliphatic heterocycles. The van der Waals surface area contributed by atoms with Crippen LogP contribution in [0.3, 0.4) is 0 Å². The van der Waals surface area contributed by atoms with Crippen molar-refractivity contribution in [2.75, 3.05) is 13.2 Å². The summed E-state index contributed by atoms with van der Waals surface area (Å²) in [5, 5.41) is 0. The fraction of sp³-hybridized carbons (Fsp3) is 0.400. The summed E-state index contributed by atoms with van der Waals surface area (Å²) >= 11 is 0. The maximum absolute atomic E-state index is 10.9. The second kappa shape index (κ2) is 7.17. The molecule has 0 aliphatic carbocycles. The predicted molar refractivity (Wildman–Crippen MR) is 51.1 cm³/mol. The van der Waals surface area contributed by atoms with Gasteiger partial charge in [-0.25, -0.2) is 9.59 Å². The number of Topliss-reactive ketones (excluding diaryl/α,β-unsaturated/α-hetero) is 2. The minimum atomic E-state index is -1.18. The lowest BCUT2D eigenvalue weighted by Crippen LogP contribution is -2.18. The molecule has 0 radical (unpaired) electrons. The molecule has 0 heterocycles. The summed E-state index contributed by atoms with van der Waals surface area (Å²) in [5.74, 6) is -1.30. The Morgan fingerprint density at radius 1 is 0.812 bits per heavy atom. The molecule has 0 aromatic carbocycles. The first-order chi connectivity index (χ1) is 7.52. The minimum absolute atomic E-state index is 0.0259. The highest BCUT2D eigenvalue weighted by Crippen LogP contribution is 1.82. The van der Waals surface area contributed by atoms with E-state index in [0.29, 0.717) is 0 Å². The van der Waals surface area contributed by atoms with Gasteiger partial charge in [0.25, 0.3) is 0 Å². The van der Waals surface area contributed by atoms with Crippen molar-refractivity contribution >= 4 is 23.5 Å². The van der Waals surface area contributed by atoms with Gasteiger partial charge in [0.2, 0.25) is 0 Å². The molecule has 0 bridgehead atoms. The second-order valence-corrected chi connectivity index (χ2v) is 2.35. The summed E-state index contributed by atoms with van der Waals surface area (Å²) in [7, 11) is 0. The van der Waals surface area contributed by atoms with Crippen LogP contribution in [0.5, 0.6) is 0 Å². The van der Waals surface area contributed by atoms with Gasteiger partial charge in [0.05, 0.1) is 13.2 Å². The van der Waals surface area contributed by atoms with Crippen LogP contribution in [-0.2, 0) is 28.7 Å². The largest absolute Gasteiger partial charge is 0.459 e. The van der Waals surface area contributed by atoms with Crippen molar-refractivity contribution in [3.05, 3.63) is 0 Å². The SMILES string of the molecule is CCOC(=O)C(=O)C#CC(=O)C(=O)OCC. The molecule has 86 valence electrons. The number of carbonyl (C=O) groups excluding carboxylic acids is 4. The maximum Gasteiger partial charge on any atom is 0.388 e. The molecule has 0 spiro atoms. The van der Waals surface area contributed by atoms with Gasteiger partial charge < -0.3 is 9.47 Å². The third kappa shape index (κ3) is 4.91. The van der Waals surface area contributed by atoms with Crippen molar-refractivity contribution in [1.82, 2.24) is 0 Å². The van der Waals surface area contributed by atoms with Crippen LogP contribution in [0.4, 0.5) is 0 Å². The van der Waals surface area contributed by atoms with Crippen LogP contribution in [0.15, 0.2) is 0 Å². The lowest BCUT2D eigenvalue weighted by molar-refractivity contribution is -0.151. The van der Waals surface area contributed by atoms with Gasteiger partial charge in [-0.3, -0.25) is 9.59 Å². The zero-order valence-electron chi connectivity index (χ0n) is 8.86. The topological polar surface area (TPSA) is 86.7 Å². The van der Waals surface area contributed by atoms with E-state index in [9.17, 15) is 19.2 Å². The average molecular weight is 226 g/mol. The monoisotopic (exact) mass is 226 g/mol. The number of carbonyl (C=O) groups is 4. The van der Waals surface area contributed by atoms with E-state index in [1.807, 2.05) is 0 Å². The van der Waals surface area contributed by atoms with Gasteiger partial charge in [-0.15, -0.1) is 0 Å². The number of hydrogen-bond donors (Lipinski definition) is 0. The maximum atomic E-state index is 10.9. The Balaban J connectivity index is 4.39. The normalized spacial score (nSPS) is 8.38. The van der Waals surface area contributed by atoms with E-state index in [-0.39, 0.29) is 13.2 Å². The Labute approximate surface area is 91.9 Å². The Morgan fingerprint density at radius 2 is 1.12 bits per heavy atom. The zero-order chi connectivity index (χ0) is 12.6. The standard InChI is InChI=1S/C10H10O6/c1-3-15-9(13)7(11)5-6-8(12)10(14)16-4-2/h3-4H2,1-2H3. The Hall–Kier alpha value is -2.16. The second-order valence-electron chi connectivity index (χ2n) is 2.35. The highest BCUT2D eigenvalue weighted by molar-refractivity contribution is 6.45. The van der Waals surface area contributed by atoms with Crippen molar-refractivity contribution < 1.29 is 28.7 Å². The number of hydrogen-bond acceptors (Lipinski definition) is 6. The summed E-state index contributed by atoms with van der Waals surface area (Å²) in [5.41, 5.74) is 0. The predicted octanol–water partition coefficient (Wildman–Crippen LogP) is -0.746. The first kappa shape index (κ1) is 13.8. The molecule has 0 saturated carbocycles. The molecule has 0 N–H and O–H groups in total. The third-order valence-corrected chi connectivity index (χ3v) is 1.21. The molecule has 0 unspecified atom stereocenters. The van der Waals surface area contributed by atoms with Gasteiger partial charge in [-0.2, -0.15) is 0 Å². The molecule has 0 rings (SSSR count). The van der Waals surface area contributed by atoms with Crippen molar-refractivity contribution in [2.45, 2.75) is 13.8 Å². The number of esters is 2. The van der Waals surface area contributed by atoms with Gasteiger partial charge in [0.15, 0.2) is 0 Å². The summed E-state index contributed by atoms with van der Waals surface area (Å²) in [6.45, 7) is 3.08. The third-order valence-electron chi connectivity index (χ3n) is 1.21. The zero-order valence-corrected chi connectivity index (χ0v) is 8.86. The average Bonchev–Trinajstić information content (AvgIpc) is 2.25. The molecule has 0 fully saturated rings. The van der Waals surface area contributed by atoms with Crippen LogP contribution in [0.1, 0.15) is 13.8 Å². The number of rotatable bonds is 4. The van der Waals surface area contributed by atoms with Crippen LogP contribution < -0.4 is 0 Å². The van der Waals surface area contributed by atoms with Crippen LogP contribution in [0.2, 0.25) is 0 Å². The van der Waals surface area contributed by atoms with E-state index in [4.69, 9.17) is 0 Å². The fourth-order valence-corrected chi connectivity index (χ4v) is 0.609. The van der Waals surface area contributed by atoms with Crippen LogP contribution >= 0.6 is 0 Å². The molecule has 0 aromatic heterocycles. The van der Waals surface area contributed by atoms with E-state index in [1.54, 1.807) is 11.8 Å². The first-order valence-corrected chi connectivity index (χ1v) is 4.47. The van der Waals surface area contributed by atoms with Crippen molar-refractivity contribution in [1.29, 1.82) is 0 Å². The quantitative estimate of drug-likeness (QED) is 0.271. The Bertz CT molecular complexity index is 337. The smallest absolute Gasteiger partial charge is 0.388 e. The van der Waals surface area contributed by atoms with Crippen molar-refractivity contribution in [2.24, 2.45) is 0 Å². The van der Waals surface area contributed by atoms with Crippen molar-refractivity contribution in [3.63, 3.8) is 0 Å². The number of ether oxygens (including phenoxy) is 2. The summed E-state index contributed by atoms with van der Waals surface area (Å²) in [4.78, 5) is 43.2. The highest BCUT2D eigenvalue weighted by Gasteiger charge is 2.14. The Kier molecular flexibility index (Phi) is 6.21. The summed E-state index contributed by atoms with van der Waals surface area (Å²) in [6.07, 6.45) is 0. The van der Waals surface area contributed by atoms with Gasteiger partial charge in [-0.05, 0) is 25.7 Å². The lowest BCUT2D eigenvalue weighted by Gasteiger charge is -1.94. The molecule has 6 heteroatoms. The van der Waals surface area contributed by atoms with E-state index in [2.05, 4.69) is 9.47 Å². The minimum Gasteiger partial charge on any atom is -0.459 e. The van der Waals surface area contributed by atoms with Crippen molar-refractivity contribution in [3.8, 4) is 11.8 Å². The van der Waals surface area contributed by atoms with E-state index >= 15 is 0 Å². The summed E-state index contributed by atoms with van der Waals surface area (Å²) in [6, 6.07) is 0. The van der Waals surface area contributed by atoms with Gasteiger partial charge in [-0.1, -0.05) is 0 Å². The van der Waals surface area contributed by atoms with Crippen LogP contribution in [0.25, 0.3) is 0 Å². The number of ketones is 2. The summed E-state index contributed by atoms with van der Waals surface area (Å²) < 4.78 is 8.65. The van der Waals surface area contributed by atoms with Crippen LogP contribution in [-0.4, -0.2) is 36.7 Å². The molecule has 16 heavy (non-hydrogen) atoms. The molecular weight excluding hydrogens is 216 g/mol. The molecule has 0 aliphatic rings. The van der Waals surface area contributed by atoms with Gasteiger partial charge >= 0.3 is 23.5 Å². The van der Waals surface area contributed by atoms with E-state index in [0.717, 1.165) is 0 Å². The first-order valence-electron chi connectivity index (χ1n) is 4.47. The van der Waals surface area contributed by atoms with E-state index < -0.39 is 23.5 Å². The Morgan fingerprint density at radius 3 is 1.38 bits per heavy atom. The van der Waals surface area contributed by atoms with Crippen LogP contribution in [0, 0.1) is 11.8 Å². The molecule has 6 nitrogen and oxygen atoms in total. The molecule has 0 aromatic rings. The fourth-order valence-electron chi connectivity index (χ4n) is 0.609. The molecular formula is C10H10O6. The van der Waals surface area contributed by atoms with E-state index in [1.165, 1.54) is 13.8 Å². The lowest BCUT2D eigenvalue weighted by atomic mass is 10.3. The highest BCUT2D eigenvalue weighted by atomic mass is 16.5. The molecule has 0 amide bonds. The molecule has 0 atom stereocenters. The van der Waals surface area contributed by atoms with Gasteiger partial charge in [0, 0.05) is 0 Å².